The highest BCUT2D eigenvalue weighted by Crippen LogP contribution is 2.30. The summed E-state index contributed by atoms with van der Waals surface area (Å²) in [6.45, 7) is 0.520. The lowest BCUT2D eigenvalue weighted by Crippen LogP contribution is -2.39. The van der Waals surface area contributed by atoms with Crippen LogP contribution in [0, 0.1) is 11.8 Å². The van der Waals surface area contributed by atoms with E-state index in [9.17, 15) is 9.59 Å². The molecule has 0 spiro atoms. The highest BCUT2D eigenvalue weighted by Gasteiger charge is 2.31. The first-order chi connectivity index (χ1) is 10.1. The lowest BCUT2D eigenvalue weighted by atomic mass is 9.95. The molecule has 5 nitrogen and oxygen atoms in total. The monoisotopic (exact) mass is 389 g/mol. The number of nitrogens with two attached hydrogens (primary N) is 1. The zero-order valence-corrected chi connectivity index (χ0v) is 14.6. The van der Waals surface area contributed by atoms with Gasteiger partial charge in [0.25, 0.3) is 0 Å². The lowest BCUT2D eigenvalue weighted by molar-refractivity contribution is -0.128. The summed E-state index contributed by atoms with van der Waals surface area (Å²) < 4.78 is 0.947. The van der Waals surface area contributed by atoms with Gasteiger partial charge >= 0.3 is 0 Å². The van der Waals surface area contributed by atoms with Gasteiger partial charge in [-0.25, -0.2) is 0 Å². The van der Waals surface area contributed by atoms with Crippen molar-refractivity contribution in [3.05, 3.63) is 28.7 Å². The molecule has 7 heteroatoms. The molecule has 0 bridgehead atoms. The van der Waals surface area contributed by atoms with Crippen LogP contribution in [0.15, 0.2) is 28.7 Å². The summed E-state index contributed by atoms with van der Waals surface area (Å²) in [5, 5.41) is 5.45. The number of halogens is 2. The number of hydrogen-bond donors (Lipinski definition) is 3. The number of hydrogen-bond acceptors (Lipinski definition) is 3. The first-order valence-electron chi connectivity index (χ1n) is 7.13. The second-order valence-electron chi connectivity index (χ2n) is 5.31. The van der Waals surface area contributed by atoms with Gasteiger partial charge in [0, 0.05) is 16.1 Å². The highest BCUT2D eigenvalue weighted by molar-refractivity contribution is 9.10. The lowest BCUT2D eigenvalue weighted by Gasteiger charge is -2.17. The molecule has 1 aliphatic rings. The van der Waals surface area contributed by atoms with Gasteiger partial charge in [0.05, 0.1) is 6.54 Å². The van der Waals surface area contributed by atoms with Crippen LogP contribution in [0.4, 0.5) is 5.69 Å². The molecule has 2 atom stereocenters. The maximum Gasteiger partial charge on any atom is 0.243 e. The van der Waals surface area contributed by atoms with Crippen molar-refractivity contribution < 1.29 is 9.59 Å². The normalized spacial score (nSPS) is 20.1. The van der Waals surface area contributed by atoms with Gasteiger partial charge in [-0.05, 0) is 49.6 Å². The van der Waals surface area contributed by atoms with Crippen molar-refractivity contribution in [2.45, 2.75) is 19.3 Å². The van der Waals surface area contributed by atoms with Gasteiger partial charge in [-0.2, -0.15) is 0 Å². The van der Waals surface area contributed by atoms with Crippen LogP contribution >= 0.6 is 28.3 Å². The Hall–Kier alpha value is -1.11. The number of rotatable bonds is 5. The SMILES string of the molecule is Cl.NC[C@H]1CCC[C@H]1C(=O)NCC(=O)Nc1ccc(Br)cc1. The van der Waals surface area contributed by atoms with Gasteiger partial charge in [-0.1, -0.05) is 22.4 Å². The Morgan fingerprint density at radius 1 is 1.23 bits per heavy atom. The van der Waals surface area contributed by atoms with Crippen molar-refractivity contribution in [2.24, 2.45) is 17.6 Å². The summed E-state index contributed by atoms with van der Waals surface area (Å²) in [6, 6.07) is 7.29. The summed E-state index contributed by atoms with van der Waals surface area (Å²) in [5.41, 5.74) is 6.38. The largest absolute Gasteiger partial charge is 0.347 e. The molecule has 1 aromatic rings. The average Bonchev–Trinajstić information content (AvgIpc) is 2.96. The van der Waals surface area contributed by atoms with Crippen molar-refractivity contribution in [3.8, 4) is 0 Å². The third kappa shape index (κ3) is 5.26. The molecule has 1 aliphatic carbocycles. The van der Waals surface area contributed by atoms with E-state index in [2.05, 4.69) is 26.6 Å². The third-order valence-corrected chi connectivity index (χ3v) is 4.38. The molecular formula is C15H21BrClN3O2. The molecule has 122 valence electrons. The average molecular weight is 391 g/mol. The summed E-state index contributed by atoms with van der Waals surface area (Å²) in [7, 11) is 0. The third-order valence-electron chi connectivity index (χ3n) is 3.85. The summed E-state index contributed by atoms with van der Waals surface area (Å²) in [5.74, 6) is -0.0862. The quantitative estimate of drug-likeness (QED) is 0.721. The molecule has 0 radical (unpaired) electrons. The minimum atomic E-state index is -0.229. The predicted octanol–water partition coefficient (Wildman–Crippen LogP) is 2.30. The number of nitrogens with one attached hydrogen (secondary N) is 2. The van der Waals surface area contributed by atoms with Crippen molar-refractivity contribution in [1.29, 1.82) is 0 Å². The summed E-state index contributed by atoms with van der Waals surface area (Å²) in [6.07, 6.45) is 2.90. The van der Waals surface area contributed by atoms with Gasteiger partial charge in [-0.3, -0.25) is 9.59 Å². The van der Waals surface area contributed by atoms with Crippen LogP contribution in [0.2, 0.25) is 0 Å². The van der Waals surface area contributed by atoms with Gasteiger partial charge in [0.15, 0.2) is 0 Å². The Bertz CT molecular complexity index is 510. The first-order valence-corrected chi connectivity index (χ1v) is 7.92. The van der Waals surface area contributed by atoms with E-state index in [1.165, 1.54) is 0 Å². The second kappa shape index (κ2) is 9.12. The van der Waals surface area contributed by atoms with Crippen LogP contribution in [0.1, 0.15) is 19.3 Å². The summed E-state index contributed by atoms with van der Waals surface area (Å²) >= 11 is 3.33. The van der Waals surface area contributed by atoms with Crippen molar-refractivity contribution in [2.75, 3.05) is 18.4 Å². The van der Waals surface area contributed by atoms with Crippen LogP contribution in [-0.2, 0) is 9.59 Å². The topological polar surface area (TPSA) is 84.2 Å². The Kier molecular flexibility index (Phi) is 7.85. The molecule has 0 aromatic heterocycles. The molecule has 4 N–H and O–H groups in total. The molecule has 1 aromatic carbocycles. The number of anilines is 1. The fourth-order valence-corrected chi connectivity index (χ4v) is 2.97. The van der Waals surface area contributed by atoms with Gasteiger partial charge in [-0.15, -0.1) is 12.4 Å². The molecule has 0 unspecified atom stereocenters. The van der Waals surface area contributed by atoms with Crippen molar-refractivity contribution in [3.63, 3.8) is 0 Å². The highest BCUT2D eigenvalue weighted by atomic mass is 79.9. The Labute approximate surface area is 144 Å². The Morgan fingerprint density at radius 2 is 1.91 bits per heavy atom. The molecule has 0 heterocycles. The standard InChI is InChI=1S/C15H20BrN3O2.ClH/c16-11-4-6-12(7-5-11)19-14(20)9-18-15(21)13-3-1-2-10(13)8-17;/h4-7,10,13H,1-3,8-9,17H2,(H,18,21)(H,19,20);1H/t10-,13-;/m1./s1. The van der Waals surface area contributed by atoms with Gasteiger partial charge < -0.3 is 16.4 Å². The van der Waals surface area contributed by atoms with Crippen LogP contribution < -0.4 is 16.4 Å². The van der Waals surface area contributed by atoms with E-state index in [1.807, 2.05) is 12.1 Å². The number of amides is 2. The zero-order valence-electron chi connectivity index (χ0n) is 12.2. The van der Waals surface area contributed by atoms with E-state index in [4.69, 9.17) is 5.73 Å². The van der Waals surface area contributed by atoms with E-state index < -0.39 is 0 Å². The van der Waals surface area contributed by atoms with Crippen LogP contribution in [0.3, 0.4) is 0 Å². The minimum Gasteiger partial charge on any atom is -0.347 e. The zero-order chi connectivity index (χ0) is 15.2. The van der Waals surface area contributed by atoms with Crippen LogP contribution in [-0.4, -0.2) is 24.9 Å². The molecule has 0 saturated heterocycles. The van der Waals surface area contributed by atoms with Gasteiger partial charge in [0.1, 0.15) is 0 Å². The van der Waals surface area contributed by atoms with E-state index in [0.717, 1.165) is 23.7 Å². The molecule has 0 aliphatic heterocycles. The maximum absolute atomic E-state index is 12.1. The molecule has 22 heavy (non-hydrogen) atoms. The Balaban J connectivity index is 0.00000242. The first kappa shape index (κ1) is 18.9. The molecular weight excluding hydrogens is 370 g/mol. The van der Waals surface area contributed by atoms with Gasteiger partial charge in [0.2, 0.25) is 11.8 Å². The molecule has 1 fully saturated rings. The number of benzene rings is 1. The van der Waals surface area contributed by atoms with Crippen LogP contribution in [0.5, 0.6) is 0 Å². The molecule has 2 rings (SSSR count). The van der Waals surface area contributed by atoms with E-state index in [-0.39, 0.29) is 42.6 Å². The van der Waals surface area contributed by atoms with E-state index in [1.54, 1.807) is 12.1 Å². The fourth-order valence-electron chi connectivity index (χ4n) is 2.70. The predicted molar refractivity (Wildman–Crippen MR) is 92.9 cm³/mol. The maximum atomic E-state index is 12.1. The minimum absolute atomic E-state index is 0. The smallest absolute Gasteiger partial charge is 0.243 e. The van der Waals surface area contributed by atoms with E-state index in [0.29, 0.717) is 12.2 Å². The fraction of sp³-hybridized carbons (Fsp3) is 0.467. The Morgan fingerprint density at radius 3 is 2.55 bits per heavy atom. The number of carbonyl (C=O) groups excluding carboxylic acids is 2. The van der Waals surface area contributed by atoms with Crippen molar-refractivity contribution >= 4 is 45.8 Å². The van der Waals surface area contributed by atoms with Crippen LogP contribution in [0.25, 0.3) is 0 Å². The number of carbonyl (C=O) groups is 2. The molecule has 2 amide bonds. The van der Waals surface area contributed by atoms with Crippen molar-refractivity contribution in [1.82, 2.24) is 5.32 Å². The molecule has 1 saturated carbocycles. The van der Waals surface area contributed by atoms with E-state index >= 15 is 0 Å². The second-order valence-corrected chi connectivity index (χ2v) is 6.22. The summed E-state index contributed by atoms with van der Waals surface area (Å²) in [4.78, 5) is 23.9.